The first kappa shape index (κ1) is 22.9. The van der Waals surface area contributed by atoms with Crippen molar-refractivity contribution in [1.29, 1.82) is 0 Å². The number of nitrogens with two attached hydrogens (primary N) is 1. The Hall–Kier alpha value is -2.87. The van der Waals surface area contributed by atoms with Gasteiger partial charge in [0.1, 0.15) is 28.1 Å². The van der Waals surface area contributed by atoms with Crippen molar-refractivity contribution in [2.75, 3.05) is 13.1 Å². The number of carbonyl (C=O) groups excluding carboxylic acids is 1. The first-order chi connectivity index (χ1) is 16.5. The van der Waals surface area contributed by atoms with Crippen LogP contribution >= 0.6 is 22.9 Å². The number of imidazole rings is 1. The first-order valence-electron chi connectivity index (χ1n) is 11.5. The molecule has 1 fully saturated rings. The van der Waals surface area contributed by atoms with Crippen LogP contribution in [0.3, 0.4) is 0 Å². The van der Waals surface area contributed by atoms with Crippen LogP contribution in [-0.2, 0) is 6.42 Å². The lowest BCUT2D eigenvalue weighted by molar-refractivity contribution is 0.0998. The SMILES string of the molecule is CC(Oc1cc(-n2cnc3ccc(CC4CCNCC4)cc32)sc1C(N)=O)c1ccccc1Cl. The minimum absolute atomic E-state index is 0.342. The predicted octanol–water partition coefficient (Wildman–Crippen LogP) is 5.52. The van der Waals surface area contributed by atoms with Crippen molar-refractivity contribution in [3.63, 3.8) is 0 Å². The van der Waals surface area contributed by atoms with E-state index in [-0.39, 0.29) is 6.10 Å². The van der Waals surface area contributed by atoms with Crippen LogP contribution in [0.1, 0.15) is 46.7 Å². The van der Waals surface area contributed by atoms with Gasteiger partial charge in [0.05, 0.1) is 11.0 Å². The number of carbonyl (C=O) groups is 1. The summed E-state index contributed by atoms with van der Waals surface area (Å²) in [4.78, 5) is 17.2. The van der Waals surface area contributed by atoms with Crippen molar-refractivity contribution in [1.82, 2.24) is 14.9 Å². The van der Waals surface area contributed by atoms with E-state index in [1.807, 2.05) is 41.8 Å². The molecular formula is C26H27ClN4O2S. The standard InChI is InChI=1S/C26H27ClN4O2S/c1-16(19-4-2-3-5-20(19)27)33-23-14-24(34-25(23)26(28)32)31-15-30-21-7-6-18(13-22(21)31)12-17-8-10-29-11-9-17/h2-7,13-17,29H,8-12H2,1H3,(H2,28,32). The molecule has 1 unspecified atom stereocenters. The summed E-state index contributed by atoms with van der Waals surface area (Å²) in [5.74, 6) is 0.630. The lowest BCUT2D eigenvalue weighted by Gasteiger charge is -2.22. The number of rotatable bonds is 7. The monoisotopic (exact) mass is 494 g/mol. The van der Waals surface area contributed by atoms with E-state index in [4.69, 9.17) is 22.1 Å². The molecule has 5 rings (SSSR count). The highest BCUT2D eigenvalue weighted by Gasteiger charge is 2.21. The van der Waals surface area contributed by atoms with E-state index in [0.29, 0.717) is 21.6 Å². The number of nitrogens with one attached hydrogen (secondary N) is 1. The highest BCUT2D eigenvalue weighted by atomic mass is 35.5. The molecule has 2 aromatic heterocycles. The van der Waals surface area contributed by atoms with Gasteiger partial charge in [-0.25, -0.2) is 4.98 Å². The van der Waals surface area contributed by atoms with Crippen LogP contribution < -0.4 is 15.8 Å². The van der Waals surface area contributed by atoms with Gasteiger partial charge in [0.2, 0.25) is 0 Å². The van der Waals surface area contributed by atoms with Crippen LogP contribution in [0.2, 0.25) is 5.02 Å². The molecule has 4 aromatic rings. The normalized spacial score (nSPS) is 15.5. The second-order valence-corrected chi connectivity index (χ2v) is 10.2. The molecule has 176 valence electrons. The third-order valence-electron chi connectivity index (χ3n) is 6.39. The number of aromatic nitrogens is 2. The molecule has 3 heterocycles. The molecule has 1 atom stereocenters. The second kappa shape index (κ2) is 9.78. The van der Waals surface area contributed by atoms with Gasteiger partial charge in [-0.05, 0) is 69.0 Å². The van der Waals surface area contributed by atoms with Gasteiger partial charge in [-0.1, -0.05) is 35.9 Å². The summed E-state index contributed by atoms with van der Waals surface area (Å²) in [5.41, 5.74) is 9.78. The molecule has 3 N–H and O–H groups in total. The third-order valence-corrected chi connectivity index (χ3v) is 7.86. The summed E-state index contributed by atoms with van der Waals surface area (Å²) in [7, 11) is 0. The second-order valence-electron chi connectivity index (χ2n) is 8.76. The van der Waals surface area contributed by atoms with Crippen LogP contribution in [-0.4, -0.2) is 28.5 Å². The third kappa shape index (κ3) is 4.69. The molecular weight excluding hydrogens is 468 g/mol. The van der Waals surface area contributed by atoms with Crippen molar-refractivity contribution in [3.8, 4) is 10.8 Å². The van der Waals surface area contributed by atoms with Gasteiger partial charge in [-0.3, -0.25) is 9.36 Å². The fraction of sp³-hybridized carbons (Fsp3) is 0.308. The van der Waals surface area contributed by atoms with Gasteiger partial charge in [-0.15, -0.1) is 11.3 Å². The maximum Gasteiger partial charge on any atom is 0.262 e. The zero-order valence-electron chi connectivity index (χ0n) is 19.0. The number of nitrogens with zero attached hydrogens (tertiary/aromatic N) is 2. The number of primary amides is 1. The number of hydrogen-bond donors (Lipinski definition) is 2. The molecule has 0 bridgehead atoms. The zero-order chi connectivity index (χ0) is 23.7. The van der Waals surface area contributed by atoms with Crippen LogP contribution in [0, 0.1) is 5.92 Å². The average molecular weight is 495 g/mol. The summed E-state index contributed by atoms with van der Waals surface area (Å²) in [6, 6.07) is 15.8. The minimum Gasteiger partial charge on any atom is -0.484 e. The van der Waals surface area contributed by atoms with Crippen molar-refractivity contribution in [2.45, 2.75) is 32.3 Å². The minimum atomic E-state index is -0.520. The van der Waals surface area contributed by atoms with Gasteiger partial charge in [-0.2, -0.15) is 0 Å². The van der Waals surface area contributed by atoms with E-state index in [2.05, 4.69) is 28.5 Å². The van der Waals surface area contributed by atoms with Crippen molar-refractivity contribution in [3.05, 3.63) is 75.9 Å². The van der Waals surface area contributed by atoms with E-state index in [9.17, 15) is 4.79 Å². The molecule has 1 amide bonds. The number of amides is 1. The number of benzene rings is 2. The molecule has 0 aliphatic carbocycles. The Balaban J connectivity index is 1.46. The van der Waals surface area contributed by atoms with Gasteiger partial charge in [0.25, 0.3) is 5.91 Å². The Morgan fingerprint density at radius 3 is 2.82 bits per heavy atom. The highest BCUT2D eigenvalue weighted by Crippen LogP contribution is 2.37. The molecule has 0 spiro atoms. The molecule has 34 heavy (non-hydrogen) atoms. The van der Waals surface area contributed by atoms with Gasteiger partial charge in [0, 0.05) is 16.7 Å². The first-order valence-corrected chi connectivity index (χ1v) is 12.7. The zero-order valence-corrected chi connectivity index (χ0v) is 20.5. The summed E-state index contributed by atoms with van der Waals surface area (Å²) in [6.45, 7) is 4.08. The number of thiophene rings is 1. The van der Waals surface area contributed by atoms with E-state index in [0.717, 1.165) is 41.1 Å². The van der Waals surface area contributed by atoms with Crippen LogP contribution in [0.5, 0.6) is 5.75 Å². The molecule has 0 saturated carbocycles. The maximum atomic E-state index is 12.2. The van der Waals surface area contributed by atoms with E-state index < -0.39 is 5.91 Å². The van der Waals surface area contributed by atoms with Gasteiger partial charge in [0.15, 0.2) is 0 Å². The topological polar surface area (TPSA) is 82.2 Å². The average Bonchev–Trinajstić information content (AvgIpc) is 3.44. The Kier molecular flexibility index (Phi) is 6.59. The summed E-state index contributed by atoms with van der Waals surface area (Å²) in [6.07, 6.45) is 4.91. The molecule has 1 aliphatic heterocycles. The number of fused-ring (bicyclic) bond motifs is 1. The largest absolute Gasteiger partial charge is 0.484 e. The van der Waals surface area contributed by atoms with Gasteiger partial charge >= 0.3 is 0 Å². The van der Waals surface area contributed by atoms with Crippen molar-refractivity contribution in [2.24, 2.45) is 11.7 Å². The highest BCUT2D eigenvalue weighted by molar-refractivity contribution is 7.16. The summed E-state index contributed by atoms with van der Waals surface area (Å²) >= 11 is 7.64. The molecule has 6 nitrogen and oxygen atoms in total. The molecule has 0 radical (unpaired) electrons. The lowest BCUT2D eigenvalue weighted by Crippen LogP contribution is -2.28. The van der Waals surface area contributed by atoms with Crippen molar-refractivity contribution >= 4 is 39.9 Å². The van der Waals surface area contributed by atoms with Crippen LogP contribution in [0.25, 0.3) is 16.0 Å². The molecule has 1 aliphatic rings. The number of hydrogen-bond acceptors (Lipinski definition) is 5. The maximum absolute atomic E-state index is 12.2. The van der Waals surface area contributed by atoms with E-state index in [1.54, 1.807) is 6.33 Å². The molecule has 1 saturated heterocycles. The Bertz CT molecular complexity index is 1330. The number of piperidine rings is 1. The molecule has 8 heteroatoms. The van der Waals surface area contributed by atoms with Crippen LogP contribution in [0.4, 0.5) is 0 Å². The lowest BCUT2D eigenvalue weighted by atomic mass is 9.91. The fourth-order valence-electron chi connectivity index (χ4n) is 4.57. The fourth-order valence-corrected chi connectivity index (χ4v) is 5.79. The van der Waals surface area contributed by atoms with Crippen LogP contribution in [0.15, 0.2) is 54.9 Å². The summed E-state index contributed by atoms with van der Waals surface area (Å²) in [5, 5.41) is 4.88. The Labute approximate surface area is 207 Å². The van der Waals surface area contributed by atoms with E-state index >= 15 is 0 Å². The Morgan fingerprint density at radius 2 is 2.06 bits per heavy atom. The summed E-state index contributed by atoms with van der Waals surface area (Å²) < 4.78 is 8.18. The predicted molar refractivity (Wildman–Crippen MR) is 137 cm³/mol. The smallest absolute Gasteiger partial charge is 0.262 e. The van der Waals surface area contributed by atoms with Crippen molar-refractivity contribution < 1.29 is 9.53 Å². The number of ether oxygens (including phenoxy) is 1. The van der Waals surface area contributed by atoms with E-state index in [1.165, 1.54) is 29.7 Å². The quantitative estimate of drug-likeness (QED) is 0.354. The van der Waals surface area contributed by atoms with Gasteiger partial charge < -0.3 is 15.8 Å². The number of halogens is 1. The molecule has 2 aromatic carbocycles. The Morgan fingerprint density at radius 1 is 1.26 bits per heavy atom.